The van der Waals surface area contributed by atoms with Crippen LogP contribution in [0.4, 0.5) is 5.69 Å². The highest BCUT2D eigenvalue weighted by molar-refractivity contribution is 6.30. The summed E-state index contributed by atoms with van der Waals surface area (Å²) >= 11 is 6.32. The number of aromatic amines is 1. The van der Waals surface area contributed by atoms with Crippen molar-refractivity contribution in [3.8, 4) is 0 Å². The number of halogens is 1. The van der Waals surface area contributed by atoms with Crippen molar-refractivity contribution in [2.75, 3.05) is 37.7 Å². The molecule has 4 heterocycles. The first-order chi connectivity index (χ1) is 18.5. The number of nitrogens with one attached hydrogen (secondary N) is 1. The number of anilines is 1. The first-order valence-electron chi connectivity index (χ1n) is 13.2. The second kappa shape index (κ2) is 10.5. The topological polar surface area (TPSA) is 92.2 Å². The highest BCUT2D eigenvalue weighted by atomic mass is 35.5. The molecule has 2 aliphatic heterocycles. The van der Waals surface area contributed by atoms with Crippen molar-refractivity contribution in [2.24, 2.45) is 0 Å². The van der Waals surface area contributed by atoms with Crippen molar-refractivity contribution in [2.45, 2.75) is 45.4 Å². The van der Waals surface area contributed by atoms with E-state index in [-0.39, 0.29) is 17.7 Å². The zero-order valence-corrected chi connectivity index (χ0v) is 22.5. The third kappa shape index (κ3) is 4.93. The molecule has 2 aromatic heterocycles. The Hall–Kier alpha value is -3.27. The third-order valence-electron chi connectivity index (χ3n) is 7.72. The molecule has 0 saturated carbocycles. The highest BCUT2D eigenvalue weighted by Crippen LogP contribution is 2.31. The summed E-state index contributed by atoms with van der Waals surface area (Å²) in [6.07, 6.45) is 2.11. The van der Waals surface area contributed by atoms with Crippen LogP contribution in [-0.2, 0) is 11.3 Å². The van der Waals surface area contributed by atoms with E-state index in [4.69, 9.17) is 16.3 Å². The number of aryl methyl sites for hydroxylation is 2. The number of nitrogens with zero attached hydrogens (tertiary/aromatic N) is 6. The number of pyridine rings is 1. The van der Waals surface area contributed by atoms with E-state index in [1.165, 1.54) is 5.56 Å². The van der Waals surface area contributed by atoms with E-state index in [0.29, 0.717) is 17.9 Å². The molecule has 1 N–H and O–H groups in total. The minimum atomic E-state index is -0.386. The standard InChI is InChI=1S/C28H32ClN7O2/c1-18-5-8-24-20(14-18)15-23(28(37)30-24)26(27-31-32-33-36(27)17-22-4-3-13-38-22)35-11-9-34(10-12-35)25-16-21(29)7-6-19(25)2/h5-8,14-16,22,26H,3-4,9-13,17H2,1-2H3,(H,30,37)/t22-,26+/m1/s1. The largest absolute Gasteiger partial charge is 0.376 e. The Morgan fingerprint density at radius 1 is 1.11 bits per heavy atom. The Bertz CT molecular complexity index is 1500. The van der Waals surface area contributed by atoms with Crippen LogP contribution in [0.3, 0.4) is 0 Å². The zero-order chi connectivity index (χ0) is 26.2. The second-order valence-corrected chi connectivity index (χ2v) is 10.8. The van der Waals surface area contributed by atoms with Gasteiger partial charge in [-0.05, 0) is 78.4 Å². The number of aromatic nitrogens is 5. The van der Waals surface area contributed by atoms with Gasteiger partial charge in [-0.3, -0.25) is 9.69 Å². The molecule has 0 radical (unpaired) electrons. The summed E-state index contributed by atoms with van der Waals surface area (Å²) in [4.78, 5) is 21.3. The Labute approximate surface area is 226 Å². The summed E-state index contributed by atoms with van der Waals surface area (Å²) in [5.41, 5.74) is 4.84. The lowest BCUT2D eigenvalue weighted by Gasteiger charge is -2.40. The Morgan fingerprint density at radius 2 is 1.95 bits per heavy atom. The number of ether oxygens (including phenoxy) is 1. The minimum Gasteiger partial charge on any atom is -0.376 e. The summed E-state index contributed by atoms with van der Waals surface area (Å²) < 4.78 is 7.70. The molecule has 2 atom stereocenters. The van der Waals surface area contributed by atoms with Gasteiger partial charge in [0.05, 0.1) is 12.6 Å². The molecular formula is C28H32ClN7O2. The average molecular weight is 534 g/mol. The molecule has 2 saturated heterocycles. The van der Waals surface area contributed by atoms with Crippen LogP contribution >= 0.6 is 11.6 Å². The van der Waals surface area contributed by atoms with Gasteiger partial charge in [-0.1, -0.05) is 29.3 Å². The van der Waals surface area contributed by atoms with Crippen LogP contribution in [0.1, 0.15) is 41.4 Å². The molecular weight excluding hydrogens is 502 g/mol. The molecule has 38 heavy (non-hydrogen) atoms. The normalized spacial score (nSPS) is 19.3. The van der Waals surface area contributed by atoms with Gasteiger partial charge in [0.15, 0.2) is 5.82 Å². The fraction of sp³-hybridized carbons (Fsp3) is 0.429. The minimum absolute atomic E-state index is 0.0816. The number of piperazine rings is 1. The predicted molar refractivity (Wildman–Crippen MR) is 148 cm³/mol. The van der Waals surface area contributed by atoms with Gasteiger partial charge in [0.2, 0.25) is 0 Å². The van der Waals surface area contributed by atoms with Crippen molar-refractivity contribution in [3.63, 3.8) is 0 Å². The number of tetrazole rings is 1. The lowest BCUT2D eigenvalue weighted by molar-refractivity contribution is 0.0906. The molecule has 6 rings (SSSR count). The van der Waals surface area contributed by atoms with Crippen LogP contribution in [0.25, 0.3) is 10.9 Å². The van der Waals surface area contributed by atoms with Gasteiger partial charge >= 0.3 is 0 Å². The molecule has 0 bridgehead atoms. The van der Waals surface area contributed by atoms with E-state index < -0.39 is 0 Å². The van der Waals surface area contributed by atoms with E-state index >= 15 is 0 Å². The predicted octanol–water partition coefficient (Wildman–Crippen LogP) is 3.88. The monoisotopic (exact) mass is 533 g/mol. The van der Waals surface area contributed by atoms with Crippen LogP contribution in [-0.4, -0.2) is 69.0 Å². The van der Waals surface area contributed by atoms with Gasteiger partial charge in [-0.2, -0.15) is 0 Å². The van der Waals surface area contributed by atoms with Gasteiger partial charge in [-0.25, -0.2) is 4.68 Å². The molecule has 2 fully saturated rings. The van der Waals surface area contributed by atoms with Crippen LogP contribution < -0.4 is 10.5 Å². The second-order valence-electron chi connectivity index (χ2n) is 10.4. The number of hydrogen-bond acceptors (Lipinski definition) is 7. The maximum absolute atomic E-state index is 13.5. The summed E-state index contributed by atoms with van der Waals surface area (Å²) in [5.74, 6) is 0.672. The van der Waals surface area contributed by atoms with Crippen molar-refractivity contribution in [3.05, 3.63) is 80.4 Å². The first kappa shape index (κ1) is 25.0. The number of H-pyrrole nitrogens is 1. The maximum Gasteiger partial charge on any atom is 0.253 e. The lowest BCUT2D eigenvalue weighted by atomic mass is 10.0. The number of benzene rings is 2. The molecule has 0 spiro atoms. The third-order valence-corrected chi connectivity index (χ3v) is 7.95. The van der Waals surface area contributed by atoms with Crippen LogP contribution in [0.5, 0.6) is 0 Å². The van der Waals surface area contributed by atoms with E-state index in [2.05, 4.69) is 56.3 Å². The molecule has 10 heteroatoms. The van der Waals surface area contributed by atoms with Crippen LogP contribution in [0.15, 0.2) is 47.3 Å². The van der Waals surface area contributed by atoms with Gasteiger partial charge in [-0.15, -0.1) is 5.10 Å². The van der Waals surface area contributed by atoms with Gasteiger partial charge in [0.1, 0.15) is 6.04 Å². The molecule has 0 unspecified atom stereocenters. The molecule has 2 aromatic carbocycles. The molecule has 198 valence electrons. The molecule has 0 aliphatic carbocycles. The van der Waals surface area contributed by atoms with Gasteiger partial charge in [0.25, 0.3) is 5.56 Å². The van der Waals surface area contributed by atoms with Crippen molar-refractivity contribution in [1.29, 1.82) is 0 Å². The van der Waals surface area contributed by atoms with E-state index in [1.807, 2.05) is 35.0 Å². The summed E-state index contributed by atoms with van der Waals surface area (Å²) in [5, 5.41) is 14.6. The lowest BCUT2D eigenvalue weighted by Crippen LogP contribution is -2.49. The van der Waals surface area contributed by atoms with Crippen LogP contribution in [0.2, 0.25) is 5.02 Å². The number of fused-ring (bicyclic) bond motifs is 1. The van der Waals surface area contributed by atoms with E-state index in [1.54, 1.807) is 0 Å². The molecule has 9 nitrogen and oxygen atoms in total. The van der Waals surface area contributed by atoms with Crippen molar-refractivity contribution < 1.29 is 4.74 Å². The van der Waals surface area contributed by atoms with E-state index in [0.717, 1.165) is 72.8 Å². The van der Waals surface area contributed by atoms with Gasteiger partial charge in [0, 0.05) is 54.6 Å². The zero-order valence-electron chi connectivity index (χ0n) is 21.7. The highest BCUT2D eigenvalue weighted by Gasteiger charge is 2.33. The maximum atomic E-state index is 13.5. The molecule has 2 aliphatic rings. The van der Waals surface area contributed by atoms with Crippen molar-refractivity contribution in [1.82, 2.24) is 30.1 Å². The Balaban J connectivity index is 1.37. The Morgan fingerprint density at radius 3 is 2.74 bits per heavy atom. The fourth-order valence-corrected chi connectivity index (χ4v) is 5.87. The van der Waals surface area contributed by atoms with Gasteiger partial charge < -0.3 is 14.6 Å². The fourth-order valence-electron chi connectivity index (χ4n) is 5.71. The van der Waals surface area contributed by atoms with Crippen LogP contribution in [0, 0.1) is 13.8 Å². The SMILES string of the molecule is Cc1ccc2[nH]c(=O)c([C@@H](c3nnnn3C[C@H]3CCCO3)N3CCN(c4cc(Cl)ccc4C)CC3)cc2c1. The first-order valence-corrected chi connectivity index (χ1v) is 13.6. The summed E-state index contributed by atoms with van der Waals surface area (Å²) in [7, 11) is 0. The quantitative estimate of drug-likeness (QED) is 0.402. The van der Waals surface area contributed by atoms with Crippen molar-refractivity contribution >= 4 is 28.2 Å². The molecule has 0 amide bonds. The average Bonchev–Trinajstić information content (AvgIpc) is 3.60. The van der Waals surface area contributed by atoms with E-state index in [9.17, 15) is 4.79 Å². The number of hydrogen-bond donors (Lipinski definition) is 1. The summed E-state index contributed by atoms with van der Waals surface area (Å²) in [6.45, 7) is 8.59. The molecule has 4 aromatic rings. The smallest absolute Gasteiger partial charge is 0.253 e. The summed E-state index contributed by atoms with van der Waals surface area (Å²) in [6, 6.07) is 13.7. The number of rotatable bonds is 6. The Kier molecular flexibility index (Phi) is 6.90.